The molecule has 0 saturated heterocycles. The maximum absolute atomic E-state index is 2.46. The van der Waals surface area contributed by atoms with Gasteiger partial charge in [-0.05, 0) is 75.0 Å². The predicted molar refractivity (Wildman–Crippen MR) is 95.7 cm³/mol. The minimum absolute atomic E-state index is 0.690. The molecule has 0 aromatic rings. The van der Waals surface area contributed by atoms with Crippen LogP contribution in [0.4, 0.5) is 0 Å². The molecular formula is C17H43N3. The van der Waals surface area contributed by atoms with Gasteiger partial charge in [-0.3, -0.25) is 4.90 Å². The van der Waals surface area contributed by atoms with E-state index in [1.54, 1.807) is 0 Å². The molecule has 0 aliphatic rings. The van der Waals surface area contributed by atoms with E-state index in [0.717, 1.165) is 6.54 Å². The van der Waals surface area contributed by atoms with Crippen molar-refractivity contribution in [2.45, 2.75) is 67.5 Å². The third-order valence-electron chi connectivity index (χ3n) is 3.03. The molecule has 0 fully saturated rings. The lowest BCUT2D eigenvalue weighted by Crippen LogP contribution is -2.36. The van der Waals surface area contributed by atoms with Gasteiger partial charge in [-0.25, -0.2) is 0 Å². The molecule has 0 rings (SSSR count). The molecule has 0 aromatic carbocycles. The standard InChI is InChI=1S/C8H19N.C6H15N.C3H9N/c1-6-9(7(2)3)8(4)5;1-4-7(5-2)6-3;1-4(2)3/h7-8H,6H2,1-5H3;4-6H2,1-3H3;1-3H3. The number of hydrogen-bond acceptors (Lipinski definition) is 3. The lowest BCUT2D eigenvalue weighted by Gasteiger charge is -2.28. The quantitative estimate of drug-likeness (QED) is 0.739. The van der Waals surface area contributed by atoms with Crippen LogP contribution < -0.4 is 0 Å². The Morgan fingerprint density at radius 3 is 0.850 bits per heavy atom. The number of nitrogens with zero attached hydrogens (tertiary/aromatic N) is 3. The van der Waals surface area contributed by atoms with E-state index in [0.29, 0.717) is 12.1 Å². The summed E-state index contributed by atoms with van der Waals surface area (Å²) in [5.41, 5.74) is 0. The third kappa shape index (κ3) is 20.2. The summed E-state index contributed by atoms with van der Waals surface area (Å²) in [4.78, 5) is 6.83. The minimum atomic E-state index is 0.690. The van der Waals surface area contributed by atoms with E-state index < -0.39 is 0 Å². The predicted octanol–water partition coefficient (Wildman–Crippen LogP) is 3.65. The van der Waals surface area contributed by atoms with E-state index in [1.807, 2.05) is 26.0 Å². The Balaban J connectivity index is -0.000000234. The van der Waals surface area contributed by atoms with Crippen LogP contribution in [-0.2, 0) is 0 Å². The van der Waals surface area contributed by atoms with Crippen molar-refractivity contribution in [1.82, 2.24) is 14.7 Å². The zero-order valence-electron chi connectivity index (χ0n) is 16.3. The van der Waals surface area contributed by atoms with E-state index in [9.17, 15) is 0 Å². The summed E-state index contributed by atoms with van der Waals surface area (Å²) in [6, 6.07) is 1.38. The molecule has 3 nitrogen and oxygen atoms in total. The van der Waals surface area contributed by atoms with Crippen LogP contribution in [0.1, 0.15) is 55.4 Å². The van der Waals surface area contributed by atoms with Crippen LogP contribution in [-0.4, -0.2) is 74.1 Å². The first-order valence-corrected chi connectivity index (χ1v) is 8.26. The fourth-order valence-corrected chi connectivity index (χ4v) is 2.00. The molecule has 20 heavy (non-hydrogen) atoms. The van der Waals surface area contributed by atoms with Gasteiger partial charge in [0.2, 0.25) is 0 Å². The summed E-state index contributed by atoms with van der Waals surface area (Å²) in [5, 5.41) is 0. The van der Waals surface area contributed by atoms with Crippen LogP contribution in [0.25, 0.3) is 0 Å². The van der Waals surface area contributed by atoms with Gasteiger partial charge in [-0.2, -0.15) is 0 Å². The van der Waals surface area contributed by atoms with Gasteiger partial charge in [-0.1, -0.05) is 27.7 Å². The molecule has 0 bridgehead atoms. The highest BCUT2D eigenvalue weighted by Gasteiger charge is 2.08. The van der Waals surface area contributed by atoms with E-state index in [-0.39, 0.29) is 0 Å². The normalized spacial score (nSPS) is 10.8. The Kier molecular flexibility index (Phi) is 21.1. The molecule has 0 N–H and O–H groups in total. The van der Waals surface area contributed by atoms with Crippen LogP contribution in [0, 0.1) is 0 Å². The van der Waals surface area contributed by atoms with Crippen molar-refractivity contribution in [3.8, 4) is 0 Å². The van der Waals surface area contributed by atoms with Crippen molar-refractivity contribution in [1.29, 1.82) is 0 Å². The molecule has 0 aliphatic carbocycles. The monoisotopic (exact) mass is 289 g/mol. The molecule has 0 aromatic heterocycles. The highest BCUT2D eigenvalue weighted by atomic mass is 15.2. The molecule has 0 radical (unpaired) electrons. The van der Waals surface area contributed by atoms with Crippen molar-refractivity contribution < 1.29 is 0 Å². The van der Waals surface area contributed by atoms with E-state index >= 15 is 0 Å². The average Bonchev–Trinajstić information content (AvgIpc) is 2.31. The molecule has 126 valence electrons. The second-order valence-corrected chi connectivity index (χ2v) is 5.98. The largest absolute Gasteiger partial charge is 0.312 e. The molecule has 0 heterocycles. The molecule has 0 unspecified atom stereocenters. The zero-order valence-corrected chi connectivity index (χ0v) is 16.3. The second kappa shape index (κ2) is 16.9. The second-order valence-electron chi connectivity index (χ2n) is 5.98. The first-order valence-electron chi connectivity index (χ1n) is 8.26. The van der Waals surface area contributed by atoms with Gasteiger partial charge >= 0.3 is 0 Å². The summed E-state index contributed by atoms with van der Waals surface area (Å²) in [6.45, 7) is 22.5. The van der Waals surface area contributed by atoms with Gasteiger partial charge in [0.25, 0.3) is 0 Å². The molecule has 0 aliphatic heterocycles. The van der Waals surface area contributed by atoms with Crippen molar-refractivity contribution >= 4 is 0 Å². The highest BCUT2D eigenvalue weighted by Crippen LogP contribution is 2.02. The Bertz CT molecular complexity index is 147. The molecule has 0 atom stereocenters. The van der Waals surface area contributed by atoms with Crippen molar-refractivity contribution in [2.75, 3.05) is 47.3 Å². The summed E-state index contributed by atoms with van der Waals surface area (Å²) in [5.74, 6) is 0. The van der Waals surface area contributed by atoms with Gasteiger partial charge in [0, 0.05) is 12.1 Å². The summed E-state index contributed by atoms with van der Waals surface area (Å²) >= 11 is 0. The summed E-state index contributed by atoms with van der Waals surface area (Å²) in [6.07, 6.45) is 0. The molecule has 0 spiro atoms. The topological polar surface area (TPSA) is 9.72 Å². The van der Waals surface area contributed by atoms with Crippen molar-refractivity contribution in [3.63, 3.8) is 0 Å². The Morgan fingerprint density at radius 2 is 0.850 bits per heavy atom. The third-order valence-corrected chi connectivity index (χ3v) is 3.03. The number of hydrogen-bond donors (Lipinski definition) is 0. The van der Waals surface area contributed by atoms with Gasteiger partial charge in [0.1, 0.15) is 0 Å². The van der Waals surface area contributed by atoms with Crippen LogP contribution in [0.3, 0.4) is 0 Å². The zero-order chi connectivity index (χ0) is 16.7. The van der Waals surface area contributed by atoms with E-state index in [2.05, 4.69) is 65.2 Å². The van der Waals surface area contributed by atoms with E-state index in [4.69, 9.17) is 0 Å². The fourth-order valence-electron chi connectivity index (χ4n) is 2.00. The highest BCUT2D eigenvalue weighted by molar-refractivity contribution is 4.64. The smallest absolute Gasteiger partial charge is 0.00411 e. The maximum Gasteiger partial charge on any atom is 0.00411 e. The molecule has 0 amide bonds. The number of rotatable bonds is 6. The van der Waals surface area contributed by atoms with Gasteiger partial charge in [-0.15, -0.1) is 0 Å². The summed E-state index contributed by atoms with van der Waals surface area (Å²) < 4.78 is 0. The van der Waals surface area contributed by atoms with Crippen LogP contribution >= 0.6 is 0 Å². The molecule has 0 saturated carbocycles. The van der Waals surface area contributed by atoms with Gasteiger partial charge < -0.3 is 9.80 Å². The van der Waals surface area contributed by atoms with Gasteiger partial charge in [0.15, 0.2) is 0 Å². The minimum Gasteiger partial charge on any atom is -0.312 e. The first-order chi connectivity index (χ1) is 9.17. The Morgan fingerprint density at radius 1 is 0.600 bits per heavy atom. The first kappa shape index (κ1) is 24.9. The lowest BCUT2D eigenvalue weighted by molar-refractivity contribution is 0.185. The van der Waals surface area contributed by atoms with Crippen molar-refractivity contribution in [2.24, 2.45) is 0 Å². The van der Waals surface area contributed by atoms with Crippen LogP contribution in [0.5, 0.6) is 0 Å². The molecular weight excluding hydrogens is 246 g/mol. The molecule has 3 heteroatoms. The average molecular weight is 290 g/mol. The maximum atomic E-state index is 2.46. The van der Waals surface area contributed by atoms with E-state index in [1.165, 1.54) is 19.6 Å². The Labute approximate surface area is 130 Å². The van der Waals surface area contributed by atoms with Crippen molar-refractivity contribution in [3.05, 3.63) is 0 Å². The Hall–Kier alpha value is -0.120. The SMILES string of the molecule is CCN(C(C)C)C(C)C.CCN(CC)CC.CN(C)C. The fraction of sp³-hybridized carbons (Fsp3) is 1.00. The lowest BCUT2D eigenvalue weighted by atomic mass is 10.2. The van der Waals surface area contributed by atoms with Crippen LogP contribution in [0.2, 0.25) is 0 Å². The summed E-state index contributed by atoms with van der Waals surface area (Å²) in [7, 11) is 6.00. The van der Waals surface area contributed by atoms with Crippen LogP contribution in [0.15, 0.2) is 0 Å². The van der Waals surface area contributed by atoms with Gasteiger partial charge in [0.05, 0.1) is 0 Å².